The van der Waals surface area contributed by atoms with Gasteiger partial charge in [-0.2, -0.15) is 0 Å². The number of aliphatic carboxylic acids is 1. The molecule has 0 aliphatic heterocycles. The third-order valence-electron chi connectivity index (χ3n) is 4.06. The predicted molar refractivity (Wildman–Crippen MR) is 77.1 cm³/mol. The minimum Gasteiger partial charge on any atom is -0.481 e. The van der Waals surface area contributed by atoms with Crippen molar-refractivity contribution in [3.8, 4) is 0 Å². The normalized spacial score (nSPS) is 26.8. The minimum absolute atomic E-state index is 0.0419. The van der Waals surface area contributed by atoms with E-state index in [9.17, 15) is 9.90 Å². The fourth-order valence-electron chi connectivity index (χ4n) is 3.17. The molecule has 0 radical (unpaired) electrons. The summed E-state index contributed by atoms with van der Waals surface area (Å²) in [6.45, 7) is 6.73. The van der Waals surface area contributed by atoms with E-state index < -0.39 is 11.4 Å². The van der Waals surface area contributed by atoms with E-state index in [0.717, 1.165) is 30.4 Å². The van der Waals surface area contributed by atoms with Crippen LogP contribution in [-0.2, 0) is 9.53 Å². The maximum Gasteiger partial charge on any atom is 0.314 e. The number of carboxylic acids is 1. The van der Waals surface area contributed by atoms with E-state index in [1.54, 1.807) is 7.11 Å². The van der Waals surface area contributed by atoms with Crippen molar-refractivity contribution in [3.05, 3.63) is 23.3 Å². The zero-order valence-electron chi connectivity index (χ0n) is 12.5. The summed E-state index contributed by atoms with van der Waals surface area (Å²) in [4.78, 5) is 11.9. The van der Waals surface area contributed by atoms with Crippen LogP contribution in [0.4, 0.5) is 0 Å². The molecular formula is C16H26O3. The first-order chi connectivity index (χ1) is 8.97. The molecule has 0 fully saturated rings. The second-order valence-corrected chi connectivity index (χ2v) is 5.56. The average molecular weight is 266 g/mol. The van der Waals surface area contributed by atoms with Crippen molar-refractivity contribution in [2.75, 3.05) is 13.7 Å². The highest BCUT2D eigenvalue weighted by Gasteiger charge is 2.45. The summed E-state index contributed by atoms with van der Waals surface area (Å²) in [5.74, 6) is -0.658. The highest BCUT2D eigenvalue weighted by Crippen LogP contribution is 2.45. The predicted octanol–water partition coefficient (Wildman–Crippen LogP) is 3.81. The van der Waals surface area contributed by atoms with Gasteiger partial charge < -0.3 is 9.84 Å². The van der Waals surface area contributed by atoms with Gasteiger partial charge in [0, 0.05) is 19.6 Å². The fraction of sp³-hybridized carbons (Fsp3) is 0.688. The molecule has 1 aliphatic rings. The Morgan fingerprint density at radius 1 is 1.47 bits per heavy atom. The van der Waals surface area contributed by atoms with Crippen molar-refractivity contribution in [1.29, 1.82) is 0 Å². The zero-order valence-corrected chi connectivity index (χ0v) is 12.5. The van der Waals surface area contributed by atoms with Gasteiger partial charge in [0.15, 0.2) is 0 Å². The molecule has 0 spiro atoms. The number of hydrogen-bond acceptors (Lipinski definition) is 2. The van der Waals surface area contributed by atoms with Gasteiger partial charge in [0.25, 0.3) is 0 Å². The largest absolute Gasteiger partial charge is 0.481 e. The molecule has 3 nitrogen and oxygen atoms in total. The Kier molecular flexibility index (Phi) is 5.80. The number of rotatable bonds is 7. The molecule has 3 heteroatoms. The average Bonchev–Trinajstić information content (AvgIpc) is 2.34. The van der Waals surface area contributed by atoms with Crippen LogP contribution in [0.5, 0.6) is 0 Å². The molecule has 1 aliphatic carbocycles. The summed E-state index contributed by atoms with van der Waals surface area (Å²) >= 11 is 0. The van der Waals surface area contributed by atoms with Gasteiger partial charge in [-0.1, -0.05) is 43.1 Å². The van der Waals surface area contributed by atoms with Crippen LogP contribution in [-0.4, -0.2) is 24.8 Å². The van der Waals surface area contributed by atoms with Gasteiger partial charge in [-0.3, -0.25) is 4.79 Å². The maximum absolute atomic E-state index is 11.9. The minimum atomic E-state index is -0.753. The summed E-state index contributed by atoms with van der Waals surface area (Å²) < 4.78 is 5.16. The number of allylic oxidation sites excluding steroid dienone is 3. The molecule has 0 saturated carbocycles. The molecule has 108 valence electrons. The fourth-order valence-corrected chi connectivity index (χ4v) is 3.17. The van der Waals surface area contributed by atoms with Crippen LogP contribution in [0.15, 0.2) is 23.3 Å². The van der Waals surface area contributed by atoms with E-state index in [0.29, 0.717) is 13.0 Å². The zero-order chi connectivity index (χ0) is 14.5. The highest BCUT2D eigenvalue weighted by atomic mass is 16.5. The molecule has 0 aromatic rings. The van der Waals surface area contributed by atoms with Gasteiger partial charge in [0.1, 0.15) is 0 Å². The first-order valence-electron chi connectivity index (χ1n) is 7.08. The van der Waals surface area contributed by atoms with Crippen molar-refractivity contribution in [3.63, 3.8) is 0 Å². The van der Waals surface area contributed by atoms with Gasteiger partial charge >= 0.3 is 5.97 Å². The highest BCUT2D eigenvalue weighted by molar-refractivity contribution is 5.79. The molecule has 0 bridgehead atoms. The molecule has 2 unspecified atom stereocenters. The molecule has 0 aromatic carbocycles. The second-order valence-electron chi connectivity index (χ2n) is 5.56. The first-order valence-corrected chi connectivity index (χ1v) is 7.08. The van der Waals surface area contributed by atoms with E-state index >= 15 is 0 Å². The Labute approximate surface area is 116 Å². The Hall–Kier alpha value is -1.09. The molecular weight excluding hydrogens is 240 g/mol. The lowest BCUT2D eigenvalue weighted by Crippen LogP contribution is -2.40. The summed E-state index contributed by atoms with van der Waals surface area (Å²) in [5, 5.41) is 9.81. The molecule has 0 saturated heterocycles. The lowest BCUT2D eigenvalue weighted by atomic mass is 9.64. The van der Waals surface area contributed by atoms with Gasteiger partial charge in [0.05, 0.1) is 5.41 Å². The summed E-state index contributed by atoms with van der Waals surface area (Å²) in [6, 6.07) is 0. The smallest absolute Gasteiger partial charge is 0.314 e. The van der Waals surface area contributed by atoms with E-state index in [-0.39, 0.29) is 5.92 Å². The Bertz CT molecular complexity index is 381. The van der Waals surface area contributed by atoms with Gasteiger partial charge in [-0.15, -0.1) is 0 Å². The Morgan fingerprint density at radius 2 is 2.16 bits per heavy atom. The van der Waals surface area contributed by atoms with Gasteiger partial charge in [-0.05, 0) is 26.7 Å². The van der Waals surface area contributed by atoms with Crippen LogP contribution in [0, 0.1) is 11.3 Å². The van der Waals surface area contributed by atoms with Crippen LogP contribution in [0.2, 0.25) is 0 Å². The number of carboxylic acid groups (broad SMARTS) is 1. The van der Waals surface area contributed by atoms with E-state index in [1.165, 1.54) is 0 Å². The van der Waals surface area contributed by atoms with Crippen molar-refractivity contribution in [2.45, 2.75) is 46.5 Å². The molecule has 1 N–H and O–H groups in total. The van der Waals surface area contributed by atoms with Crippen LogP contribution in [0.25, 0.3) is 0 Å². The third-order valence-corrected chi connectivity index (χ3v) is 4.06. The SMILES string of the molecule is CCCCC1(C(=O)O)C=C(C)C=C(C)C1CCOC. The van der Waals surface area contributed by atoms with Crippen molar-refractivity contribution >= 4 is 5.97 Å². The maximum atomic E-state index is 11.9. The van der Waals surface area contributed by atoms with E-state index in [2.05, 4.69) is 13.0 Å². The molecule has 0 heterocycles. The number of unbranched alkanes of at least 4 members (excludes halogenated alkanes) is 1. The third kappa shape index (κ3) is 3.47. The summed E-state index contributed by atoms with van der Waals surface area (Å²) in [5.41, 5.74) is 1.47. The topological polar surface area (TPSA) is 46.5 Å². The van der Waals surface area contributed by atoms with Gasteiger partial charge in [-0.25, -0.2) is 0 Å². The Balaban J connectivity index is 3.12. The quantitative estimate of drug-likeness (QED) is 0.762. The van der Waals surface area contributed by atoms with Crippen molar-refractivity contribution in [2.24, 2.45) is 11.3 Å². The molecule has 0 amide bonds. The molecule has 19 heavy (non-hydrogen) atoms. The number of ether oxygens (including phenoxy) is 1. The van der Waals surface area contributed by atoms with Crippen LogP contribution >= 0.6 is 0 Å². The van der Waals surface area contributed by atoms with Crippen LogP contribution in [0.3, 0.4) is 0 Å². The molecule has 0 aromatic heterocycles. The number of carbonyl (C=O) groups is 1. The monoisotopic (exact) mass is 266 g/mol. The first kappa shape index (κ1) is 16.0. The summed E-state index contributed by atoms with van der Waals surface area (Å²) in [6.07, 6.45) is 7.48. The van der Waals surface area contributed by atoms with Gasteiger partial charge in [0.2, 0.25) is 0 Å². The van der Waals surface area contributed by atoms with Crippen molar-refractivity contribution < 1.29 is 14.6 Å². The van der Waals surface area contributed by atoms with Crippen molar-refractivity contribution in [1.82, 2.24) is 0 Å². The summed E-state index contributed by atoms with van der Waals surface area (Å²) in [7, 11) is 1.66. The lowest BCUT2D eigenvalue weighted by molar-refractivity contribution is -0.149. The standard InChI is InChI=1S/C16H26O3/c1-5-6-8-16(15(17)18)11-12(2)10-13(3)14(16)7-9-19-4/h10-11,14H,5-9H2,1-4H3,(H,17,18). The lowest BCUT2D eigenvalue weighted by Gasteiger charge is -2.39. The van der Waals surface area contributed by atoms with E-state index in [4.69, 9.17) is 4.74 Å². The van der Waals surface area contributed by atoms with E-state index in [1.807, 2.05) is 19.9 Å². The molecule has 1 rings (SSSR count). The number of methoxy groups -OCH3 is 1. The molecule has 2 atom stereocenters. The second kappa shape index (κ2) is 6.90. The Morgan fingerprint density at radius 3 is 2.68 bits per heavy atom. The number of hydrogen-bond donors (Lipinski definition) is 1. The van der Waals surface area contributed by atoms with Crippen LogP contribution in [0.1, 0.15) is 46.5 Å². The van der Waals surface area contributed by atoms with Crippen LogP contribution < -0.4 is 0 Å².